The molecule has 1 N–H and O–H groups in total. The Labute approximate surface area is 108 Å². The quantitative estimate of drug-likeness (QED) is 0.870. The Kier molecular flexibility index (Phi) is 3.71. The van der Waals surface area contributed by atoms with Crippen molar-refractivity contribution < 1.29 is 0 Å². The van der Waals surface area contributed by atoms with E-state index < -0.39 is 0 Å². The molecule has 1 heterocycles. The maximum atomic E-state index is 4.60. The van der Waals surface area contributed by atoms with Crippen molar-refractivity contribution in [3.05, 3.63) is 5.82 Å². The summed E-state index contributed by atoms with van der Waals surface area (Å²) in [6.07, 6.45) is 5.25. The molecule has 1 aromatic heterocycles. The van der Waals surface area contributed by atoms with Crippen LogP contribution in [0, 0.1) is 5.92 Å². The van der Waals surface area contributed by atoms with Gasteiger partial charge in [0, 0.05) is 23.0 Å². The Morgan fingerprint density at radius 1 is 1.29 bits per heavy atom. The van der Waals surface area contributed by atoms with Gasteiger partial charge in [-0.25, -0.2) is 4.98 Å². The number of aromatic nitrogens is 2. The summed E-state index contributed by atoms with van der Waals surface area (Å²) in [5, 5.41) is 4.54. The zero-order valence-electron chi connectivity index (χ0n) is 11.3. The van der Waals surface area contributed by atoms with Gasteiger partial charge < -0.3 is 5.32 Å². The molecule has 2 atom stereocenters. The van der Waals surface area contributed by atoms with Crippen LogP contribution in [0.2, 0.25) is 0 Å². The first-order valence-electron chi connectivity index (χ1n) is 6.56. The third-order valence-electron chi connectivity index (χ3n) is 3.36. The highest BCUT2D eigenvalue weighted by atomic mass is 32.1. The Morgan fingerprint density at radius 3 is 2.65 bits per heavy atom. The van der Waals surface area contributed by atoms with Gasteiger partial charge in [-0.1, -0.05) is 40.5 Å². The van der Waals surface area contributed by atoms with Crippen LogP contribution in [0.25, 0.3) is 0 Å². The van der Waals surface area contributed by atoms with E-state index in [4.69, 9.17) is 0 Å². The van der Waals surface area contributed by atoms with Crippen LogP contribution in [-0.4, -0.2) is 15.4 Å². The molecule has 17 heavy (non-hydrogen) atoms. The van der Waals surface area contributed by atoms with Crippen molar-refractivity contribution in [3.8, 4) is 0 Å². The zero-order chi connectivity index (χ0) is 12.5. The highest BCUT2D eigenvalue weighted by molar-refractivity contribution is 7.09. The van der Waals surface area contributed by atoms with Gasteiger partial charge in [0.05, 0.1) is 0 Å². The fraction of sp³-hybridized carbons (Fsp3) is 0.846. The molecule has 1 fully saturated rings. The van der Waals surface area contributed by atoms with Gasteiger partial charge in [0.1, 0.15) is 5.82 Å². The number of anilines is 1. The molecule has 0 aliphatic heterocycles. The van der Waals surface area contributed by atoms with Crippen LogP contribution in [0.15, 0.2) is 0 Å². The highest BCUT2D eigenvalue weighted by Crippen LogP contribution is 2.28. The van der Waals surface area contributed by atoms with Crippen molar-refractivity contribution >= 4 is 16.7 Å². The molecule has 2 rings (SSSR count). The first-order chi connectivity index (χ1) is 7.95. The van der Waals surface area contributed by atoms with E-state index in [1.165, 1.54) is 37.2 Å². The SMILES string of the molecule is CC1CCCC(Nc2nc(C(C)(C)C)ns2)C1. The minimum atomic E-state index is 0.0519. The Bertz CT molecular complexity index is 367. The van der Waals surface area contributed by atoms with E-state index in [1.807, 2.05) is 0 Å². The van der Waals surface area contributed by atoms with E-state index in [0.717, 1.165) is 16.9 Å². The van der Waals surface area contributed by atoms with E-state index in [2.05, 4.69) is 42.4 Å². The largest absolute Gasteiger partial charge is 0.358 e. The standard InChI is InChI=1S/C13H23N3S/c1-9-6-5-7-10(8-9)14-12-15-11(16-17-12)13(2,3)4/h9-10H,5-8H2,1-4H3,(H,14,15,16). The topological polar surface area (TPSA) is 37.8 Å². The minimum absolute atomic E-state index is 0.0519. The number of rotatable bonds is 2. The molecule has 1 aliphatic carbocycles. The molecular weight excluding hydrogens is 230 g/mol. The molecule has 96 valence electrons. The molecular formula is C13H23N3S. The van der Waals surface area contributed by atoms with E-state index in [-0.39, 0.29) is 5.41 Å². The maximum Gasteiger partial charge on any atom is 0.202 e. The fourth-order valence-corrected chi connectivity index (χ4v) is 3.16. The lowest BCUT2D eigenvalue weighted by atomic mass is 9.87. The van der Waals surface area contributed by atoms with Gasteiger partial charge in [0.2, 0.25) is 5.13 Å². The zero-order valence-corrected chi connectivity index (χ0v) is 12.1. The summed E-state index contributed by atoms with van der Waals surface area (Å²) in [5.74, 6) is 1.80. The molecule has 1 aliphatic rings. The third kappa shape index (κ3) is 3.41. The summed E-state index contributed by atoms with van der Waals surface area (Å²) in [4.78, 5) is 4.60. The smallest absolute Gasteiger partial charge is 0.202 e. The van der Waals surface area contributed by atoms with Gasteiger partial charge in [-0.05, 0) is 18.8 Å². The van der Waals surface area contributed by atoms with Crippen LogP contribution < -0.4 is 5.32 Å². The molecule has 0 aromatic carbocycles. The predicted molar refractivity (Wildman–Crippen MR) is 73.7 cm³/mol. The number of hydrogen-bond acceptors (Lipinski definition) is 4. The van der Waals surface area contributed by atoms with Crippen LogP contribution in [0.4, 0.5) is 5.13 Å². The Balaban J connectivity index is 1.97. The normalized spacial score (nSPS) is 25.9. The van der Waals surface area contributed by atoms with Crippen molar-refractivity contribution in [2.45, 2.75) is 64.8 Å². The summed E-state index contributed by atoms with van der Waals surface area (Å²) in [6, 6.07) is 0.597. The minimum Gasteiger partial charge on any atom is -0.358 e. The van der Waals surface area contributed by atoms with E-state index in [0.29, 0.717) is 6.04 Å². The summed E-state index contributed by atoms with van der Waals surface area (Å²) in [5.41, 5.74) is 0.0519. The van der Waals surface area contributed by atoms with Crippen LogP contribution in [0.3, 0.4) is 0 Å². The fourth-order valence-electron chi connectivity index (χ4n) is 2.33. The van der Waals surface area contributed by atoms with Gasteiger partial charge in [0.25, 0.3) is 0 Å². The van der Waals surface area contributed by atoms with E-state index in [9.17, 15) is 0 Å². The average Bonchev–Trinajstić information content (AvgIpc) is 2.65. The second kappa shape index (κ2) is 4.92. The highest BCUT2D eigenvalue weighted by Gasteiger charge is 2.22. The van der Waals surface area contributed by atoms with Crippen molar-refractivity contribution in [2.75, 3.05) is 5.32 Å². The monoisotopic (exact) mass is 253 g/mol. The molecule has 0 amide bonds. The lowest BCUT2D eigenvalue weighted by Gasteiger charge is -2.27. The number of nitrogens with zero attached hydrogens (tertiary/aromatic N) is 2. The summed E-state index contributed by atoms with van der Waals surface area (Å²) in [6.45, 7) is 8.80. The van der Waals surface area contributed by atoms with Gasteiger partial charge in [-0.15, -0.1) is 0 Å². The van der Waals surface area contributed by atoms with Gasteiger partial charge in [0.15, 0.2) is 0 Å². The molecule has 0 radical (unpaired) electrons. The third-order valence-corrected chi connectivity index (χ3v) is 4.01. The molecule has 4 heteroatoms. The van der Waals surface area contributed by atoms with Gasteiger partial charge >= 0.3 is 0 Å². The summed E-state index contributed by atoms with van der Waals surface area (Å²) in [7, 11) is 0. The van der Waals surface area contributed by atoms with E-state index >= 15 is 0 Å². The summed E-state index contributed by atoms with van der Waals surface area (Å²) >= 11 is 1.50. The molecule has 0 bridgehead atoms. The molecule has 1 aromatic rings. The lowest BCUT2D eigenvalue weighted by molar-refractivity contribution is 0.358. The maximum absolute atomic E-state index is 4.60. The predicted octanol–water partition coefficient (Wildman–Crippen LogP) is 3.83. The Hall–Kier alpha value is -0.640. The second-order valence-electron chi connectivity index (χ2n) is 6.29. The van der Waals surface area contributed by atoms with Crippen molar-refractivity contribution in [1.82, 2.24) is 9.36 Å². The molecule has 0 saturated heterocycles. The van der Waals surface area contributed by atoms with Crippen molar-refractivity contribution in [2.24, 2.45) is 5.92 Å². The number of nitrogens with one attached hydrogen (secondary N) is 1. The van der Waals surface area contributed by atoms with Crippen LogP contribution in [0.1, 0.15) is 59.2 Å². The molecule has 3 nitrogen and oxygen atoms in total. The first kappa shape index (κ1) is 12.8. The van der Waals surface area contributed by atoms with Crippen molar-refractivity contribution in [1.29, 1.82) is 0 Å². The van der Waals surface area contributed by atoms with E-state index in [1.54, 1.807) is 0 Å². The summed E-state index contributed by atoms with van der Waals surface area (Å²) < 4.78 is 4.44. The lowest BCUT2D eigenvalue weighted by Crippen LogP contribution is -2.26. The Morgan fingerprint density at radius 2 is 2.06 bits per heavy atom. The van der Waals surface area contributed by atoms with Crippen LogP contribution in [-0.2, 0) is 5.41 Å². The van der Waals surface area contributed by atoms with Crippen LogP contribution in [0.5, 0.6) is 0 Å². The van der Waals surface area contributed by atoms with Gasteiger partial charge in [-0.3, -0.25) is 0 Å². The van der Waals surface area contributed by atoms with Gasteiger partial charge in [-0.2, -0.15) is 4.37 Å². The molecule has 2 unspecified atom stereocenters. The second-order valence-corrected chi connectivity index (χ2v) is 7.04. The first-order valence-corrected chi connectivity index (χ1v) is 7.33. The molecule has 0 spiro atoms. The van der Waals surface area contributed by atoms with Crippen molar-refractivity contribution in [3.63, 3.8) is 0 Å². The molecule has 1 saturated carbocycles. The van der Waals surface area contributed by atoms with Crippen LogP contribution >= 0.6 is 11.5 Å². The number of hydrogen-bond donors (Lipinski definition) is 1. The average molecular weight is 253 g/mol.